The van der Waals surface area contributed by atoms with E-state index in [4.69, 9.17) is 10.8 Å². The standard InChI is InChI=1S/C16H29N5/c1-11(2)15-18-13(20-17)10-14(19-15)21(5)12-6-8-16(3,4)9-7-12/h10-12H,6-9,17H2,1-5H3,(H,18,19,20). The Morgan fingerprint density at radius 1 is 1.29 bits per heavy atom. The fourth-order valence-electron chi connectivity index (χ4n) is 2.92. The summed E-state index contributed by atoms with van der Waals surface area (Å²) in [5, 5.41) is 0. The van der Waals surface area contributed by atoms with Gasteiger partial charge in [-0.3, -0.25) is 0 Å². The van der Waals surface area contributed by atoms with Crippen LogP contribution in [0.15, 0.2) is 6.07 Å². The Kier molecular flexibility index (Phi) is 4.71. The molecule has 0 saturated heterocycles. The lowest BCUT2D eigenvalue weighted by molar-refractivity contribution is 0.222. The molecule has 1 aliphatic rings. The molecular formula is C16H29N5. The predicted octanol–water partition coefficient (Wildman–Crippen LogP) is 3.29. The van der Waals surface area contributed by atoms with Gasteiger partial charge in [0.2, 0.25) is 0 Å². The number of nitrogens with two attached hydrogens (primary N) is 1. The van der Waals surface area contributed by atoms with Crippen LogP contribution in [0.3, 0.4) is 0 Å². The predicted molar refractivity (Wildman–Crippen MR) is 88.4 cm³/mol. The molecule has 0 aliphatic heterocycles. The molecule has 1 aromatic rings. The second-order valence-corrected chi connectivity index (χ2v) is 7.27. The molecule has 0 radical (unpaired) electrons. The van der Waals surface area contributed by atoms with Gasteiger partial charge in [-0.1, -0.05) is 27.7 Å². The highest BCUT2D eigenvalue weighted by Crippen LogP contribution is 2.37. The Labute approximate surface area is 128 Å². The van der Waals surface area contributed by atoms with Gasteiger partial charge in [0.15, 0.2) is 0 Å². The maximum Gasteiger partial charge on any atom is 0.145 e. The maximum absolute atomic E-state index is 5.54. The van der Waals surface area contributed by atoms with E-state index in [1.165, 1.54) is 25.7 Å². The first-order valence-corrected chi connectivity index (χ1v) is 7.91. The van der Waals surface area contributed by atoms with Gasteiger partial charge < -0.3 is 10.3 Å². The van der Waals surface area contributed by atoms with Crippen molar-refractivity contribution >= 4 is 11.6 Å². The van der Waals surface area contributed by atoms with Crippen LogP contribution in [0.25, 0.3) is 0 Å². The van der Waals surface area contributed by atoms with E-state index < -0.39 is 0 Å². The molecule has 0 amide bonds. The highest BCUT2D eigenvalue weighted by molar-refractivity contribution is 5.49. The van der Waals surface area contributed by atoms with Gasteiger partial charge in [0.1, 0.15) is 17.5 Å². The van der Waals surface area contributed by atoms with Crippen molar-refractivity contribution in [2.24, 2.45) is 11.3 Å². The average Bonchev–Trinajstić information content (AvgIpc) is 2.46. The molecule has 1 saturated carbocycles. The van der Waals surface area contributed by atoms with Crippen molar-refractivity contribution in [3.63, 3.8) is 0 Å². The summed E-state index contributed by atoms with van der Waals surface area (Å²) >= 11 is 0. The number of nitrogens with zero attached hydrogens (tertiary/aromatic N) is 3. The minimum atomic E-state index is 0.288. The summed E-state index contributed by atoms with van der Waals surface area (Å²) in [6.45, 7) is 8.92. The number of hydrogen-bond acceptors (Lipinski definition) is 5. The monoisotopic (exact) mass is 291 g/mol. The molecule has 1 fully saturated rings. The quantitative estimate of drug-likeness (QED) is 0.658. The largest absolute Gasteiger partial charge is 0.357 e. The summed E-state index contributed by atoms with van der Waals surface area (Å²) in [7, 11) is 2.13. The minimum absolute atomic E-state index is 0.288. The van der Waals surface area contributed by atoms with Gasteiger partial charge in [-0.25, -0.2) is 15.8 Å². The number of nitrogens with one attached hydrogen (secondary N) is 1. The minimum Gasteiger partial charge on any atom is -0.357 e. The summed E-state index contributed by atoms with van der Waals surface area (Å²) in [6, 6.07) is 2.49. The summed E-state index contributed by atoms with van der Waals surface area (Å²) in [4.78, 5) is 11.4. The first kappa shape index (κ1) is 16.0. The number of hydrazine groups is 1. The van der Waals surface area contributed by atoms with E-state index in [1.807, 2.05) is 6.07 Å². The van der Waals surface area contributed by atoms with Gasteiger partial charge in [0.25, 0.3) is 0 Å². The molecule has 1 aliphatic carbocycles. The van der Waals surface area contributed by atoms with Crippen molar-refractivity contribution in [3.05, 3.63) is 11.9 Å². The van der Waals surface area contributed by atoms with Crippen LogP contribution in [0.5, 0.6) is 0 Å². The van der Waals surface area contributed by atoms with Gasteiger partial charge >= 0.3 is 0 Å². The molecule has 1 aromatic heterocycles. The summed E-state index contributed by atoms with van der Waals surface area (Å²) in [5.74, 6) is 8.32. The molecule has 3 N–H and O–H groups in total. The van der Waals surface area contributed by atoms with E-state index in [0.29, 0.717) is 17.3 Å². The number of hydrogen-bond donors (Lipinski definition) is 2. The molecule has 0 aromatic carbocycles. The zero-order valence-electron chi connectivity index (χ0n) is 14.0. The van der Waals surface area contributed by atoms with Crippen LogP contribution in [0, 0.1) is 5.41 Å². The lowest BCUT2D eigenvalue weighted by atomic mass is 9.75. The molecule has 0 bridgehead atoms. The Morgan fingerprint density at radius 2 is 1.90 bits per heavy atom. The van der Waals surface area contributed by atoms with Crippen molar-refractivity contribution in [1.29, 1.82) is 0 Å². The second kappa shape index (κ2) is 6.18. The van der Waals surface area contributed by atoms with E-state index in [2.05, 4.69) is 50.1 Å². The molecule has 0 spiro atoms. The number of rotatable bonds is 4. The third-order valence-electron chi connectivity index (χ3n) is 4.61. The van der Waals surface area contributed by atoms with Crippen molar-refractivity contribution in [2.75, 3.05) is 17.4 Å². The first-order valence-electron chi connectivity index (χ1n) is 7.91. The Hall–Kier alpha value is -1.36. The third kappa shape index (κ3) is 3.84. The van der Waals surface area contributed by atoms with E-state index in [1.54, 1.807) is 0 Å². The molecule has 118 valence electrons. The van der Waals surface area contributed by atoms with Crippen LogP contribution in [-0.2, 0) is 0 Å². The Morgan fingerprint density at radius 3 is 2.43 bits per heavy atom. The van der Waals surface area contributed by atoms with Gasteiger partial charge in [0, 0.05) is 25.1 Å². The topological polar surface area (TPSA) is 67.1 Å². The Balaban J connectivity index is 2.18. The molecule has 2 rings (SSSR count). The third-order valence-corrected chi connectivity index (χ3v) is 4.61. The molecule has 21 heavy (non-hydrogen) atoms. The molecule has 5 nitrogen and oxygen atoms in total. The molecule has 0 unspecified atom stereocenters. The SMILES string of the molecule is CC(C)c1nc(NN)cc(N(C)C2CCC(C)(C)CC2)n1. The van der Waals surface area contributed by atoms with E-state index >= 15 is 0 Å². The zero-order chi connectivity index (χ0) is 15.6. The lowest BCUT2D eigenvalue weighted by Crippen LogP contribution is -2.38. The molecule has 1 heterocycles. The van der Waals surface area contributed by atoms with Crippen LogP contribution in [-0.4, -0.2) is 23.1 Å². The van der Waals surface area contributed by atoms with Crippen LogP contribution < -0.4 is 16.2 Å². The summed E-state index contributed by atoms with van der Waals surface area (Å²) in [6.07, 6.45) is 4.98. The fourth-order valence-corrected chi connectivity index (χ4v) is 2.92. The number of aromatic nitrogens is 2. The van der Waals surface area contributed by atoms with Crippen LogP contribution in [0.2, 0.25) is 0 Å². The molecule has 0 atom stereocenters. The van der Waals surface area contributed by atoms with E-state index in [-0.39, 0.29) is 5.92 Å². The van der Waals surface area contributed by atoms with Crippen molar-refractivity contribution in [2.45, 2.75) is 65.3 Å². The van der Waals surface area contributed by atoms with Gasteiger partial charge in [-0.05, 0) is 31.1 Å². The maximum atomic E-state index is 5.54. The highest BCUT2D eigenvalue weighted by Gasteiger charge is 2.29. The number of nitrogen functional groups attached to an aromatic ring is 1. The van der Waals surface area contributed by atoms with Crippen molar-refractivity contribution in [1.82, 2.24) is 9.97 Å². The van der Waals surface area contributed by atoms with Gasteiger partial charge in [0.05, 0.1) is 0 Å². The normalized spacial score (nSPS) is 18.8. The smallest absolute Gasteiger partial charge is 0.145 e. The van der Waals surface area contributed by atoms with Crippen LogP contribution in [0.4, 0.5) is 11.6 Å². The Bertz CT molecular complexity index is 474. The highest BCUT2D eigenvalue weighted by atomic mass is 15.3. The van der Waals surface area contributed by atoms with Gasteiger partial charge in [-0.2, -0.15) is 0 Å². The van der Waals surface area contributed by atoms with Crippen molar-refractivity contribution in [3.8, 4) is 0 Å². The average molecular weight is 291 g/mol. The molecular weight excluding hydrogens is 262 g/mol. The van der Waals surface area contributed by atoms with Crippen LogP contribution >= 0.6 is 0 Å². The van der Waals surface area contributed by atoms with Gasteiger partial charge in [-0.15, -0.1) is 0 Å². The van der Waals surface area contributed by atoms with E-state index in [9.17, 15) is 0 Å². The first-order chi connectivity index (χ1) is 9.82. The summed E-state index contributed by atoms with van der Waals surface area (Å²) in [5.41, 5.74) is 3.14. The van der Waals surface area contributed by atoms with Crippen LogP contribution in [0.1, 0.15) is 65.1 Å². The van der Waals surface area contributed by atoms with E-state index in [0.717, 1.165) is 11.6 Å². The lowest BCUT2D eigenvalue weighted by Gasteiger charge is -2.39. The second-order valence-electron chi connectivity index (χ2n) is 7.27. The molecule has 5 heteroatoms. The number of anilines is 2. The van der Waals surface area contributed by atoms with Crippen molar-refractivity contribution < 1.29 is 0 Å². The zero-order valence-corrected chi connectivity index (χ0v) is 14.0. The fraction of sp³-hybridized carbons (Fsp3) is 0.750. The summed E-state index contributed by atoms with van der Waals surface area (Å²) < 4.78 is 0.